The van der Waals surface area contributed by atoms with Gasteiger partial charge in [-0.3, -0.25) is 4.99 Å². The van der Waals surface area contributed by atoms with Crippen LogP contribution in [0.4, 0.5) is 0 Å². The third-order valence-corrected chi connectivity index (χ3v) is 4.92. The van der Waals surface area contributed by atoms with Gasteiger partial charge in [-0.25, -0.2) is 0 Å². The first kappa shape index (κ1) is 22.5. The normalized spacial score (nSPS) is 18.4. The molecule has 2 unspecified atom stereocenters. The summed E-state index contributed by atoms with van der Waals surface area (Å²) in [6.45, 7) is 12.2. The molecule has 2 rings (SSSR count). The lowest BCUT2D eigenvalue weighted by molar-refractivity contribution is 0.0258. The van der Waals surface area contributed by atoms with Crippen LogP contribution in [0.1, 0.15) is 44.7 Å². The Morgan fingerprint density at radius 1 is 1.32 bits per heavy atom. The van der Waals surface area contributed by atoms with Crippen LogP contribution in [-0.4, -0.2) is 51.6 Å². The molecule has 0 bridgehead atoms. The quantitative estimate of drug-likeness (QED) is 0.473. The van der Waals surface area contributed by atoms with Crippen LogP contribution in [0.25, 0.3) is 0 Å². The lowest BCUT2D eigenvalue weighted by Gasteiger charge is -2.22. The maximum atomic E-state index is 6.18. The smallest absolute Gasteiger partial charge is 0.191 e. The average molecular weight is 392 g/mol. The Hall–Kier alpha value is -1.79. The number of guanidine groups is 1. The minimum atomic E-state index is 0.143. The lowest BCUT2D eigenvalue weighted by Crippen LogP contribution is -2.39. The molecule has 1 saturated heterocycles. The van der Waals surface area contributed by atoms with E-state index in [0.29, 0.717) is 19.1 Å². The third-order valence-electron chi connectivity index (χ3n) is 4.92. The Kier molecular flexibility index (Phi) is 9.58. The maximum Gasteiger partial charge on any atom is 0.191 e. The second-order valence-electron chi connectivity index (χ2n) is 7.59. The predicted molar refractivity (Wildman–Crippen MR) is 114 cm³/mol. The van der Waals surface area contributed by atoms with Crippen molar-refractivity contribution in [1.29, 1.82) is 0 Å². The van der Waals surface area contributed by atoms with E-state index in [-0.39, 0.29) is 12.2 Å². The van der Waals surface area contributed by atoms with E-state index in [2.05, 4.69) is 54.6 Å². The van der Waals surface area contributed by atoms with Crippen molar-refractivity contribution < 1.29 is 14.2 Å². The van der Waals surface area contributed by atoms with Crippen LogP contribution in [-0.2, 0) is 16.0 Å². The van der Waals surface area contributed by atoms with E-state index >= 15 is 0 Å². The summed E-state index contributed by atoms with van der Waals surface area (Å²) in [4.78, 5) is 4.33. The van der Waals surface area contributed by atoms with Gasteiger partial charge in [-0.15, -0.1) is 0 Å². The molecule has 0 radical (unpaired) electrons. The van der Waals surface area contributed by atoms with Crippen LogP contribution in [0.15, 0.2) is 23.2 Å². The van der Waals surface area contributed by atoms with Gasteiger partial charge < -0.3 is 24.8 Å². The van der Waals surface area contributed by atoms with Crippen LogP contribution >= 0.6 is 0 Å². The van der Waals surface area contributed by atoms with Crippen molar-refractivity contribution in [2.75, 3.05) is 33.4 Å². The number of hydrogen-bond donors (Lipinski definition) is 2. The molecule has 28 heavy (non-hydrogen) atoms. The van der Waals surface area contributed by atoms with E-state index in [1.54, 1.807) is 7.05 Å². The number of rotatable bonds is 10. The highest BCUT2D eigenvalue weighted by molar-refractivity contribution is 5.79. The molecule has 0 saturated carbocycles. The molecular formula is C22H37N3O3. The van der Waals surface area contributed by atoms with Gasteiger partial charge in [0.05, 0.1) is 19.3 Å². The molecule has 6 heteroatoms. The third kappa shape index (κ3) is 7.32. The van der Waals surface area contributed by atoms with Crippen molar-refractivity contribution in [2.24, 2.45) is 10.9 Å². The summed E-state index contributed by atoms with van der Waals surface area (Å²) in [6.07, 6.45) is 2.30. The van der Waals surface area contributed by atoms with E-state index in [1.165, 1.54) is 5.56 Å². The monoisotopic (exact) mass is 391 g/mol. The summed E-state index contributed by atoms with van der Waals surface area (Å²) < 4.78 is 17.4. The topological polar surface area (TPSA) is 64.1 Å². The Morgan fingerprint density at radius 3 is 2.79 bits per heavy atom. The molecule has 1 heterocycles. The molecule has 1 aliphatic rings. The summed E-state index contributed by atoms with van der Waals surface area (Å²) in [6, 6.07) is 6.33. The second-order valence-corrected chi connectivity index (χ2v) is 7.59. The Labute approximate surface area is 170 Å². The van der Waals surface area contributed by atoms with Crippen LogP contribution < -0.4 is 15.4 Å². The first-order valence-electron chi connectivity index (χ1n) is 10.4. The van der Waals surface area contributed by atoms with Crippen LogP contribution in [0, 0.1) is 12.8 Å². The Morgan fingerprint density at radius 2 is 2.14 bits per heavy atom. The number of ether oxygens (including phenoxy) is 3. The molecule has 1 aromatic rings. The standard InChI is InChI=1S/C22H37N3O3/c1-6-27-20(16(2)3)9-11-24-22(23-5)25-14-18-8-7-17(4)13-21(18)28-19-10-12-26-15-19/h7-8,13,16,19-20H,6,9-12,14-15H2,1-5H3,(H2,23,24,25). The van der Waals surface area contributed by atoms with Gasteiger partial charge in [0.1, 0.15) is 11.9 Å². The number of aliphatic imine (C=N–C) groups is 1. The van der Waals surface area contributed by atoms with Crippen molar-refractivity contribution in [3.63, 3.8) is 0 Å². The van der Waals surface area contributed by atoms with Crippen molar-refractivity contribution >= 4 is 5.96 Å². The number of nitrogens with zero attached hydrogens (tertiary/aromatic N) is 1. The van der Waals surface area contributed by atoms with Crippen molar-refractivity contribution in [2.45, 2.75) is 59.3 Å². The summed E-state index contributed by atoms with van der Waals surface area (Å²) >= 11 is 0. The fourth-order valence-electron chi connectivity index (χ4n) is 3.26. The highest BCUT2D eigenvalue weighted by atomic mass is 16.5. The van der Waals surface area contributed by atoms with E-state index in [4.69, 9.17) is 14.2 Å². The van der Waals surface area contributed by atoms with E-state index in [9.17, 15) is 0 Å². The summed E-state index contributed by atoms with van der Waals surface area (Å²) in [5.74, 6) is 2.22. The molecule has 0 aliphatic carbocycles. The molecule has 1 aliphatic heterocycles. The molecule has 2 atom stereocenters. The number of aryl methyl sites for hydroxylation is 1. The fourth-order valence-corrected chi connectivity index (χ4v) is 3.26. The molecule has 1 fully saturated rings. The first-order chi connectivity index (χ1) is 13.5. The van der Waals surface area contributed by atoms with Gasteiger partial charge in [-0.1, -0.05) is 26.0 Å². The largest absolute Gasteiger partial charge is 0.488 e. The van der Waals surface area contributed by atoms with Gasteiger partial charge in [0.2, 0.25) is 0 Å². The van der Waals surface area contributed by atoms with Gasteiger partial charge >= 0.3 is 0 Å². The van der Waals surface area contributed by atoms with E-state index < -0.39 is 0 Å². The van der Waals surface area contributed by atoms with Crippen LogP contribution in [0.3, 0.4) is 0 Å². The Balaban J connectivity index is 1.87. The molecule has 6 nitrogen and oxygen atoms in total. The van der Waals surface area contributed by atoms with Crippen LogP contribution in [0.2, 0.25) is 0 Å². The molecule has 2 N–H and O–H groups in total. The second kappa shape index (κ2) is 11.9. The highest BCUT2D eigenvalue weighted by Gasteiger charge is 2.19. The number of nitrogens with one attached hydrogen (secondary N) is 2. The zero-order chi connectivity index (χ0) is 20.4. The van der Waals surface area contributed by atoms with Crippen molar-refractivity contribution in [3.05, 3.63) is 29.3 Å². The SMILES string of the molecule is CCOC(CCNC(=NC)NCc1ccc(C)cc1OC1CCOC1)C(C)C. The molecule has 0 amide bonds. The van der Waals surface area contributed by atoms with Crippen molar-refractivity contribution in [1.82, 2.24) is 10.6 Å². The zero-order valence-corrected chi connectivity index (χ0v) is 18.1. The minimum absolute atomic E-state index is 0.143. The van der Waals surface area contributed by atoms with Crippen molar-refractivity contribution in [3.8, 4) is 5.75 Å². The summed E-state index contributed by atoms with van der Waals surface area (Å²) in [5, 5.41) is 6.78. The summed E-state index contributed by atoms with van der Waals surface area (Å²) in [5.41, 5.74) is 2.31. The van der Waals surface area contributed by atoms with Gasteiger partial charge in [0, 0.05) is 38.7 Å². The average Bonchev–Trinajstić information content (AvgIpc) is 3.17. The molecule has 0 spiro atoms. The fraction of sp³-hybridized carbons (Fsp3) is 0.682. The van der Waals surface area contributed by atoms with E-state index in [1.807, 2.05) is 6.92 Å². The number of benzene rings is 1. The highest BCUT2D eigenvalue weighted by Crippen LogP contribution is 2.23. The van der Waals surface area contributed by atoms with Gasteiger partial charge in [0.15, 0.2) is 5.96 Å². The lowest BCUT2D eigenvalue weighted by atomic mass is 10.0. The number of hydrogen-bond acceptors (Lipinski definition) is 4. The van der Waals surface area contributed by atoms with Gasteiger partial charge in [-0.2, -0.15) is 0 Å². The van der Waals surface area contributed by atoms with Gasteiger partial charge in [-0.05, 0) is 37.8 Å². The Bertz CT molecular complexity index is 613. The molecular weight excluding hydrogens is 354 g/mol. The minimum Gasteiger partial charge on any atom is -0.488 e. The summed E-state index contributed by atoms with van der Waals surface area (Å²) in [7, 11) is 1.79. The zero-order valence-electron chi connectivity index (χ0n) is 18.1. The van der Waals surface area contributed by atoms with E-state index in [0.717, 1.165) is 49.9 Å². The molecule has 0 aromatic heterocycles. The predicted octanol–water partition coefficient (Wildman–Crippen LogP) is 3.28. The molecule has 1 aromatic carbocycles. The molecule has 158 valence electrons. The maximum absolute atomic E-state index is 6.18. The van der Waals surface area contributed by atoms with Gasteiger partial charge in [0.25, 0.3) is 0 Å². The van der Waals surface area contributed by atoms with Crippen LogP contribution in [0.5, 0.6) is 5.75 Å². The first-order valence-corrected chi connectivity index (χ1v) is 10.4.